The number of aromatic nitrogens is 1. The molecule has 0 saturated carbocycles. The van der Waals surface area contributed by atoms with Gasteiger partial charge in [0.2, 0.25) is 0 Å². The van der Waals surface area contributed by atoms with Crippen molar-refractivity contribution >= 4 is 15.7 Å². The summed E-state index contributed by atoms with van der Waals surface area (Å²) in [7, 11) is -3.05. The molecule has 0 radical (unpaired) electrons. The topological polar surface area (TPSA) is 82.8 Å². The van der Waals surface area contributed by atoms with E-state index in [1.807, 2.05) is 0 Å². The highest BCUT2D eigenvalue weighted by Gasteiger charge is 2.33. The van der Waals surface area contributed by atoms with Gasteiger partial charge in [-0.2, -0.15) is 18.4 Å². The SMILES string of the molecule is N#Cc1ccc(C(F)(F)F)nc1NCC1CCS(=O)(=O)C1. The molecule has 1 atom stereocenters. The van der Waals surface area contributed by atoms with Crippen molar-refractivity contribution in [2.75, 3.05) is 23.4 Å². The minimum atomic E-state index is -4.60. The molecule has 114 valence electrons. The highest BCUT2D eigenvalue weighted by Crippen LogP contribution is 2.29. The molecule has 1 fully saturated rings. The fraction of sp³-hybridized carbons (Fsp3) is 0.500. The van der Waals surface area contributed by atoms with E-state index in [0.29, 0.717) is 6.42 Å². The normalized spacial score (nSPS) is 21.0. The Kier molecular flexibility index (Phi) is 4.09. The molecule has 1 aliphatic heterocycles. The van der Waals surface area contributed by atoms with Gasteiger partial charge in [0.15, 0.2) is 9.84 Å². The van der Waals surface area contributed by atoms with Gasteiger partial charge in [-0.15, -0.1) is 0 Å². The molecule has 1 aromatic rings. The molecule has 0 amide bonds. The number of alkyl halides is 3. The molecule has 5 nitrogen and oxygen atoms in total. The van der Waals surface area contributed by atoms with Crippen LogP contribution in [0.1, 0.15) is 17.7 Å². The molecule has 0 aromatic carbocycles. The van der Waals surface area contributed by atoms with Crippen molar-refractivity contribution in [3.8, 4) is 6.07 Å². The summed E-state index contributed by atoms with van der Waals surface area (Å²) in [5.74, 6) is -0.268. The van der Waals surface area contributed by atoms with Crippen LogP contribution in [0.3, 0.4) is 0 Å². The van der Waals surface area contributed by atoms with Crippen LogP contribution in [-0.2, 0) is 16.0 Å². The zero-order chi connectivity index (χ0) is 15.7. The van der Waals surface area contributed by atoms with Crippen molar-refractivity contribution in [3.05, 3.63) is 23.4 Å². The van der Waals surface area contributed by atoms with Gasteiger partial charge in [0.1, 0.15) is 17.6 Å². The first-order chi connectivity index (χ1) is 9.71. The number of halogens is 3. The molecule has 2 heterocycles. The largest absolute Gasteiger partial charge is 0.433 e. The van der Waals surface area contributed by atoms with Gasteiger partial charge in [-0.3, -0.25) is 0 Å². The van der Waals surface area contributed by atoms with Crippen LogP contribution in [0.5, 0.6) is 0 Å². The number of pyridine rings is 1. The van der Waals surface area contributed by atoms with E-state index in [1.165, 1.54) is 0 Å². The minimum absolute atomic E-state index is 0.000842. The maximum absolute atomic E-state index is 12.6. The van der Waals surface area contributed by atoms with Crippen LogP contribution in [0.15, 0.2) is 12.1 Å². The van der Waals surface area contributed by atoms with E-state index in [0.717, 1.165) is 12.1 Å². The van der Waals surface area contributed by atoms with E-state index in [4.69, 9.17) is 5.26 Å². The average molecular weight is 319 g/mol. The lowest BCUT2D eigenvalue weighted by Gasteiger charge is -2.13. The predicted molar refractivity (Wildman–Crippen MR) is 69.2 cm³/mol. The molecule has 0 aliphatic carbocycles. The third-order valence-corrected chi connectivity index (χ3v) is 5.03. The van der Waals surface area contributed by atoms with Crippen molar-refractivity contribution in [1.82, 2.24) is 4.98 Å². The van der Waals surface area contributed by atoms with Crippen LogP contribution in [0.2, 0.25) is 0 Å². The van der Waals surface area contributed by atoms with Crippen LogP contribution in [-0.4, -0.2) is 31.5 Å². The first kappa shape index (κ1) is 15.6. The van der Waals surface area contributed by atoms with Crippen molar-refractivity contribution in [3.63, 3.8) is 0 Å². The summed E-state index contributed by atoms with van der Waals surface area (Å²) in [4.78, 5) is 3.40. The Balaban J connectivity index is 2.14. The number of nitrogens with one attached hydrogen (secondary N) is 1. The van der Waals surface area contributed by atoms with Gasteiger partial charge in [0.05, 0.1) is 17.1 Å². The lowest BCUT2D eigenvalue weighted by molar-refractivity contribution is -0.141. The van der Waals surface area contributed by atoms with Gasteiger partial charge in [0.25, 0.3) is 0 Å². The minimum Gasteiger partial charge on any atom is -0.369 e. The van der Waals surface area contributed by atoms with Crippen LogP contribution >= 0.6 is 0 Å². The number of rotatable bonds is 3. The zero-order valence-electron chi connectivity index (χ0n) is 10.8. The smallest absolute Gasteiger partial charge is 0.369 e. The Hall–Kier alpha value is -1.82. The second-order valence-electron chi connectivity index (χ2n) is 4.85. The standard InChI is InChI=1S/C12H12F3N3O2S/c13-12(14,15)10-2-1-9(5-16)11(18-10)17-6-8-3-4-21(19,20)7-8/h1-2,8H,3-4,6-7H2,(H,17,18). The number of hydrogen-bond acceptors (Lipinski definition) is 5. The van der Waals surface area contributed by atoms with Crippen molar-refractivity contribution < 1.29 is 21.6 Å². The fourth-order valence-electron chi connectivity index (χ4n) is 2.12. The van der Waals surface area contributed by atoms with Crippen LogP contribution < -0.4 is 5.32 Å². The number of nitriles is 1. The van der Waals surface area contributed by atoms with Crippen molar-refractivity contribution in [2.45, 2.75) is 12.6 Å². The summed E-state index contributed by atoms with van der Waals surface area (Å²) in [6, 6.07) is 3.54. The van der Waals surface area contributed by atoms with E-state index >= 15 is 0 Å². The summed E-state index contributed by atoms with van der Waals surface area (Å²) in [6.07, 6.45) is -4.14. The Labute approximate surface area is 119 Å². The average Bonchev–Trinajstić information content (AvgIpc) is 2.74. The van der Waals surface area contributed by atoms with Crippen LogP contribution in [0.25, 0.3) is 0 Å². The van der Waals surface area contributed by atoms with E-state index in [9.17, 15) is 21.6 Å². The van der Waals surface area contributed by atoms with Gasteiger partial charge in [-0.05, 0) is 24.5 Å². The third-order valence-electron chi connectivity index (χ3n) is 3.19. The van der Waals surface area contributed by atoms with Crippen LogP contribution in [0, 0.1) is 17.2 Å². The van der Waals surface area contributed by atoms with E-state index in [-0.39, 0.29) is 35.3 Å². The van der Waals surface area contributed by atoms with Crippen molar-refractivity contribution in [2.24, 2.45) is 5.92 Å². The molecule has 2 rings (SSSR count). The molecule has 1 unspecified atom stereocenters. The second kappa shape index (κ2) is 5.52. The van der Waals surface area contributed by atoms with Gasteiger partial charge in [-0.1, -0.05) is 0 Å². The second-order valence-corrected chi connectivity index (χ2v) is 7.08. The highest BCUT2D eigenvalue weighted by molar-refractivity contribution is 7.91. The number of anilines is 1. The summed E-state index contributed by atoms with van der Waals surface area (Å²) in [5, 5.41) is 11.5. The monoisotopic (exact) mass is 319 g/mol. The predicted octanol–water partition coefficient (Wildman–Crippen LogP) is 1.82. The summed E-state index contributed by atoms with van der Waals surface area (Å²) in [5.41, 5.74) is -1.10. The first-order valence-electron chi connectivity index (χ1n) is 6.14. The Morgan fingerprint density at radius 3 is 2.67 bits per heavy atom. The molecule has 21 heavy (non-hydrogen) atoms. The third kappa shape index (κ3) is 3.85. The Bertz CT molecular complexity index is 680. The van der Waals surface area contributed by atoms with Gasteiger partial charge in [-0.25, -0.2) is 13.4 Å². The molecule has 1 aromatic heterocycles. The van der Waals surface area contributed by atoms with E-state index in [2.05, 4.69) is 10.3 Å². The van der Waals surface area contributed by atoms with Crippen molar-refractivity contribution in [1.29, 1.82) is 5.26 Å². The quantitative estimate of drug-likeness (QED) is 0.919. The van der Waals surface area contributed by atoms with Crippen LogP contribution in [0.4, 0.5) is 19.0 Å². The van der Waals surface area contributed by atoms with Gasteiger partial charge in [0, 0.05) is 6.54 Å². The number of nitrogens with zero attached hydrogens (tertiary/aromatic N) is 2. The lowest BCUT2D eigenvalue weighted by Crippen LogP contribution is -2.18. The maximum atomic E-state index is 12.6. The summed E-state index contributed by atoms with van der Waals surface area (Å²) >= 11 is 0. The molecular formula is C12H12F3N3O2S. The summed E-state index contributed by atoms with van der Waals surface area (Å²) in [6.45, 7) is 0.169. The fourth-order valence-corrected chi connectivity index (χ4v) is 3.98. The van der Waals surface area contributed by atoms with Gasteiger partial charge >= 0.3 is 6.18 Å². The number of hydrogen-bond donors (Lipinski definition) is 1. The van der Waals surface area contributed by atoms with E-state index in [1.54, 1.807) is 6.07 Å². The number of sulfone groups is 1. The molecule has 0 spiro atoms. The highest BCUT2D eigenvalue weighted by atomic mass is 32.2. The molecule has 1 saturated heterocycles. The molecule has 1 aliphatic rings. The molecule has 1 N–H and O–H groups in total. The zero-order valence-corrected chi connectivity index (χ0v) is 11.6. The Morgan fingerprint density at radius 1 is 1.43 bits per heavy atom. The molecule has 9 heteroatoms. The molecule has 0 bridgehead atoms. The first-order valence-corrected chi connectivity index (χ1v) is 7.96. The Morgan fingerprint density at radius 2 is 2.14 bits per heavy atom. The molecular weight excluding hydrogens is 307 g/mol. The maximum Gasteiger partial charge on any atom is 0.433 e. The lowest BCUT2D eigenvalue weighted by atomic mass is 10.1. The van der Waals surface area contributed by atoms with E-state index < -0.39 is 21.7 Å². The summed E-state index contributed by atoms with van der Waals surface area (Å²) < 4.78 is 60.4. The van der Waals surface area contributed by atoms with Gasteiger partial charge < -0.3 is 5.32 Å².